The normalized spacial score (nSPS) is 16.9. The molecule has 1 saturated heterocycles. The standard InChI is InChI=1S/C22H33N7O5/c23-15(8-4-10-26-22(24)25)21(34)29-11-5-9-17(29)20(33)28-16(19(32)27-13-18(30)31)12-14-6-2-1-3-7-14/h1-3,6-7,15-17H,4-5,8-13,23H2,(H,27,32)(H,28,33)(H,30,31)(H4,24,25,26)/t15-,16-,17-/m0/s1. The number of carboxylic acids is 1. The molecule has 1 fully saturated rings. The average Bonchev–Trinajstić information content (AvgIpc) is 3.29. The second-order valence-corrected chi connectivity index (χ2v) is 8.11. The molecule has 34 heavy (non-hydrogen) atoms. The number of likely N-dealkylation sites (tertiary alicyclic amines) is 1. The third-order valence-corrected chi connectivity index (χ3v) is 5.45. The summed E-state index contributed by atoms with van der Waals surface area (Å²) in [7, 11) is 0. The summed E-state index contributed by atoms with van der Waals surface area (Å²) in [5.41, 5.74) is 17.4. The highest BCUT2D eigenvalue weighted by molar-refractivity contribution is 5.94. The minimum atomic E-state index is -1.19. The summed E-state index contributed by atoms with van der Waals surface area (Å²) >= 11 is 0. The second kappa shape index (κ2) is 13.1. The van der Waals surface area contributed by atoms with E-state index in [-0.39, 0.29) is 18.3 Å². The molecule has 12 heteroatoms. The predicted molar refractivity (Wildman–Crippen MR) is 125 cm³/mol. The molecule has 12 nitrogen and oxygen atoms in total. The summed E-state index contributed by atoms with van der Waals surface area (Å²) in [6, 6.07) is 6.46. The molecular weight excluding hydrogens is 442 g/mol. The van der Waals surface area contributed by atoms with Crippen LogP contribution in [0.4, 0.5) is 0 Å². The van der Waals surface area contributed by atoms with Crippen molar-refractivity contribution in [3.05, 3.63) is 35.9 Å². The predicted octanol–water partition coefficient (Wildman–Crippen LogP) is -1.71. The van der Waals surface area contributed by atoms with E-state index in [2.05, 4.69) is 15.6 Å². The molecule has 9 N–H and O–H groups in total. The van der Waals surface area contributed by atoms with E-state index in [1.165, 1.54) is 4.90 Å². The number of carbonyl (C=O) groups is 4. The van der Waals surface area contributed by atoms with E-state index in [0.29, 0.717) is 38.8 Å². The van der Waals surface area contributed by atoms with Crippen LogP contribution in [0.15, 0.2) is 35.3 Å². The van der Waals surface area contributed by atoms with Gasteiger partial charge in [0.2, 0.25) is 17.7 Å². The van der Waals surface area contributed by atoms with Crippen molar-refractivity contribution in [2.75, 3.05) is 19.6 Å². The topological polar surface area (TPSA) is 206 Å². The van der Waals surface area contributed by atoms with Gasteiger partial charge >= 0.3 is 5.97 Å². The molecule has 186 valence electrons. The molecule has 1 aliphatic heterocycles. The number of amides is 3. The number of aliphatic carboxylic acids is 1. The first-order valence-electron chi connectivity index (χ1n) is 11.1. The van der Waals surface area contributed by atoms with Crippen molar-refractivity contribution >= 4 is 29.7 Å². The summed E-state index contributed by atoms with van der Waals surface area (Å²) in [4.78, 5) is 54.7. The van der Waals surface area contributed by atoms with Gasteiger partial charge < -0.3 is 37.8 Å². The van der Waals surface area contributed by atoms with Crippen LogP contribution in [0.3, 0.4) is 0 Å². The fourth-order valence-corrected chi connectivity index (χ4v) is 3.77. The third kappa shape index (κ3) is 8.35. The molecule has 0 spiro atoms. The lowest BCUT2D eigenvalue weighted by atomic mass is 10.0. The molecule has 1 aromatic carbocycles. The van der Waals surface area contributed by atoms with Gasteiger partial charge in [0.05, 0.1) is 6.04 Å². The molecule has 1 aliphatic rings. The summed E-state index contributed by atoms with van der Waals surface area (Å²) in [6.07, 6.45) is 2.10. The second-order valence-electron chi connectivity index (χ2n) is 8.11. The first-order chi connectivity index (χ1) is 16.2. The van der Waals surface area contributed by atoms with Crippen molar-refractivity contribution in [3.63, 3.8) is 0 Å². The Morgan fingerprint density at radius 1 is 1.18 bits per heavy atom. The van der Waals surface area contributed by atoms with Crippen LogP contribution in [-0.4, -0.2) is 77.4 Å². The van der Waals surface area contributed by atoms with E-state index in [4.69, 9.17) is 22.3 Å². The van der Waals surface area contributed by atoms with Crippen LogP contribution < -0.4 is 27.8 Å². The number of aliphatic imine (C=N–C) groups is 1. The highest BCUT2D eigenvalue weighted by Crippen LogP contribution is 2.19. The maximum absolute atomic E-state index is 13.1. The molecule has 0 aliphatic carbocycles. The summed E-state index contributed by atoms with van der Waals surface area (Å²) in [6.45, 7) is 0.162. The first-order valence-corrected chi connectivity index (χ1v) is 11.1. The zero-order chi connectivity index (χ0) is 25.1. The number of nitrogens with one attached hydrogen (secondary N) is 2. The quantitative estimate of drug-likeness (QED) is 0.116. The Balaban J connectivity index is 2.04. The zero-order valence-corrected chi connectivity index (χ0v) is 19.0. The van der Waals surface area contributed by atoms with Crippen molar-refractivity contribution in [2.24, 2.45) is 22.2 Å². The number of nitrogens with two attached hydrogens (primary N) is 3. The minimum Gasteiger partial charge on any atom is -0.480 e. The lowest BCUT2D eigenvalue weighted by Crippen LogP contribution is -2.56. The first kappa shape index (κ1) is 26.6. The average molecular weight is 476 g/mol. The van der Waals surface area contributed by atoms with Gasteiger partial charge in [-0.2, -0.15) is 0 Å². The van der Waals surface area contributed by atoms with Crippen molar-refractivity contribution < 1.29 is 24.3 Å². The number of carboxylic acid groups (broad SMARTS) is 1. The van der Waals surface area contributed by atoms with E-state index in [1.807, 2.05) is 6.07 Å². The lowest BCUT2D eigenvalue weighted by molar-refractivity contribution is -0.141. The highest BCUT2D eigenvalue weighted by atomic mass is 16.4. The Morgan fingerprint density at radius 3 is 2.53 bits per heavy atom. The van der Waals surface area contributed by atoms with Gasteiger partial charge in [0.25, 0.3) is 0 Å². The van der Waals surface area contributed by atoms with Crippen LogP contribution in [0, 0.1) is 0 Å². The number of carbonyl (C=O) groups excluding carboxylic acids is 3. The van der Waals surface area contributed by atoms with Gasteiger partial charge in [-0.1, -0.05) is 30.3 Å². The zero-order valence-electron chi connectivity index (χ0n) is 19.0. The molecule has 0 unspecified atom stereocenters. The van der Waals surface area contributed by atoms with Crippen LogP contribution in [0.5, 0.6) is 0 Å². The summed E-state index contributed by atoms with van der Waals surface area (Å²) in [5.74, 6) is -2.68. The van der Waals surface area contributed by atoms with Gasteiger partial charge in [0.15, 0.2) is 5.96 Å². The minimum absolute atomic E-state index is 0.0337. The van der Waals surface area contributed by atoms with E-state index in [9.17, 15) is 19.2 Å². The van der Waals surface area contributed by atoms with Gasteiger partial charge in [-0.05, 0) is 31.2 Å². The Bertz CT molecular complexity index is 889. The Labute approximate surface area is 197 Å². The van der Waals surface area contributed by atoms with Gasteiger partial charge in [-0.3, -0.25) is 24.2 Å². The lowest BCUT2D eigenvalue weighted by Gasteiger charge is -2.28. The van der Waals surface area contributed by atoms with E-state index < -0.39 is 42.5 Å². The van der Waals surface area contributed by atoms with Crippen molar-refractivity contribution in [3.8, 4) is 0 Å². The van der Waals surface area contributed by atoms with Gasteiger partial charge in [0.1, 0.15) is 18.6 Å². The Morgan fingerprint density at radius 2 is 1.88 bits per heavy atom. The van der Waals surface area contributed by atoms with E-state index >= 15 is 0 Å². The fraction of sp³-hybridized carbons (Fsp3) is 0.500. The number of rotatable bonds is 12. The van der Waals surface area contributed by atoms with Crippen molar-refractivity contribution in [1.29, 1.82) is 0 Å². The molecule has 1 heterocycles. The molecular formula is C22H33N7O5. The van der Waals surface area contributed by atoms with Crippen LogP contribution in [-0.2, 0) is 25.6 Å². The number of hydrogen-bond acceptors (Lipinski definition) is 6. The summed E-state index contributed by atoms with van der Waals surface area (Å²) in [5, 5.41) is 13.9. The number of nitrogens with zero attached hydrogens (tertiary/aromatic N) is 2. The molecule has 3 amide bonds. The van der Waals surface area contributed by atoms with Crippen LogP contribution in [0.1, 0.15) is 31.2 Å². The molecule has 2 rings (SSSR count). The molecule has 0 aromatic heterocycles. The van der Waals surface area contributed by atoms with E-state index in [1.54, 1.807) is 24.3 Å². The fourth-order valence-electron chi connectivity index (χ4n) is 3.77. The molecule has 0 bridgehead atoms. The van der Waals surface area contributed by atoms with E-state index in [0.717, 1.165) is 5.56 Å². The molecule has 3 atom stereocenters. The Hall–Kier alpha value is -3.67. The van der Waals surface area contributed by atoms with Crippen molar-refractivity contribution in [1.82, 2.24) is 15.5 Å². The number of benzene rings is 1. The largest absolute Gasteiger partial charge is 0.480 e. The third-order valence-electron chi connectivity index (χ3n) is 5.45. The van der Waals surface area contributed by atoms with Crippen LogP contribution in [0.2, 0.25) is 0 Å². The van der Waals surface area contributed by atoms with Gasteiger partial charge in [-0.25, -0.2) is 0 Å². The Kier molecular flexibility index (Phi) is 10.3. The van der Waals surface area contributed by atoms with Gasteiger partial charge in [0, 0.05) is 19.5 Å². The SMILES string of the molecule is NC(N)=NCCC[C@H](N)C(=O)N1CCC[C@H]1C(=O)N[C@@H](Cc1ccccc1)C(=O)NCC(=O)O. The number of hydrogen-bond donors (Lipinski definition) is 6. The van der Waals surface area contributed by atoms with Crippen molar-refractivity contribution in [2.45, 2.75) is 50.2 Å². The number of guanidine groups is 1. The molecule has 0 saturated carbocycles. The van der Waals surface area contributed by atoms with Gasteiger partial charge in [-0.15, -0.1) is 0 Å². The smallest absolute Gasteiger partial charge is 0.322 e. The maximum atomic E-state index is 13.1. The summed E-state index contributed by atoms with van der Waals surface area (Å²) < 4.78 is 0. The maximum Gasteiger partial charge on any atom is 0.322 e. The molecule has 0 radical (unpaired) electrons. The van der Waals surface area contributed by atoms with Crippen LogP contribution >= 0.6 is 0 Å². The monoisotopic (exact) mass is 475 g/mol. The molecule has 1 aromatic rings. The van der Waals surface area contributed by atoms with Crippen LogP contribution in [0.25, 0.3) is 0 Å². The highest BCUT2D eigenvalue weighted by Gasteiger charge is 2.37.